The number of nitro benzene ring substituents is 1. The van der Waals surface area contributed by atoms with Gasteiger partial charge in [0, 0.05) is 28.3 Å². The molecular weight excluding hydrogens is 340 g/mol. The third-order valence-electron chi connectivity index (χ3n) is 4.01. The molecule has 1 aliphatic carbocycles. The molecule has 0 spiro atoms. The first kappa shape index (κ1) is 15.8. The standard InChI is InChI=1S/C14H17BrN2O4/c1-8-5-12(11(15)6-13(8)17(20)21)16-7-9-3-2-4-10(9)14(18)19/h5-6,9-10,16H,2-4,7H2,1H3,(H,18,19). The summed E-state index contributed by atoms with van der Waals surface area (Å²) < 4.78 is 0.615. The minimum Gasteiger partial charge on any atom is -0.481 e. The molecule has 2 rings (SSSR count). The molecule has 0 bridgehead atoms. The molecule has 0 aliphatic heterocycles. The summed E-state index contributed by atoms with van der Waals surface area (Å²) >= 11 is 3.32. The molecule has 0 amide bonds. The van der Waals surface area contributed by atoms with Crippen molar-refractivity contribution in [3.05, 3.63) is 32.3 Å². The fourth-order valence-corrected chi connectivity index (χ4v) is 3.32. The summed E-state index contributed by atoms with van der Waals surface area (Å²) in [6.45, 7) is 2.25. The summed E-state index contributed by atoms with van der Waals surface area (Å²) in [5.41, 5.74) is 1.40. The number of nitro groups is 1. The Hall–Kier alpha value is -1.63. The Kier molecular flexibility index (Phi) is 4.82. The van der Waals surface area contributed by atoms with Gasteiger partial charge in [0.1, 0.15) is 0 Å². The molecule has 0 radical (unpaired) electrons. The van der Waals surface area contributed by atoms with Crippen LogP contribution in [0.3, 0.4) is 0 Å². The molecule has 2 atom stereocenters. The van der Waals surface area contributed by atoms with E-state index in [0.29, 0.717) is 16.6 Å². The number of carbonyl (C=O) groups is 1. The molecule has 1 aliphatic rings. The molecule has 2 unspecified atom stereocenters. The normalized spacial score (nSPS) is 21.2. The minimum atomic E-state index is -0.738. The number of anilines is 1. The number of carboxylic acids is 1. The van der Waals surface area contributed by atoms with E-state index in [4.69, 9.17) is 5.11 Å². The van der Waals surface area contributed by atoms with Crippen LogP contribution in [0.4, 0.5) is 11.4 Å². The smallest absolute Gasteiger partial charge is 0.306 e. The first-order chi connectivity index (χ1) is 9.90. The van der Waals surface area contributed by atoms with E-state index >= 15 is 0 Å². The van der Waals surface area contributed by atoms with Crippen LogP contribution in [0.15, 0.2) is 16.6 Å². The van der Waals surface area contributed by atoms with Gasteiger partial charge in [-0.2, -0.15) is 0 Å². The molecule has 1 saturated carbocycles. The largest absolute Gasteiger partial charge is 0.481 e. The van der Waals surface area contributed by atoms with Crippen molar-refractivity contribution in [1.82, 2.24) is 0 Å². The Bertz CT molecular complexity index is 576. The second-order valence-corrected chi connectivity index (χ2v) is 6.25. The summed E-state index contributed by atoms with van der Waals surface area (Å²) in [7, 11) is 0. The van der Waals surface area contributed by atoms with E-state index in [0.717, 1.165) is 24.9 Å². The van der Waals surface area contributed by atoms with E-state index in [1.54, 1.807) is 13.0 Å². The predicted octanol–water partition coefficient (Wildman–Crippen LogP) is 3.58. The molecular formula is C14H17BrN2O4. The van der Waals surface area contributed by atoms with Gasteiger partial charge < -0.3 is 10.4 Å². The van der Waals surface area contributed by atoms with E-state index in [9.17, 15) is 14.9 Å². The highest BCUT2D eigenvalue weighted by atomic mass is 79.9. The number of aryl methyl sites for hydroxylation is 1. The van der Waals surface area contributed by atoms with Gasteiger partial charge in [-0.25, -0.2) is 0 Å². The van der Waals surface area contributed by atoms with Gasteiger partial charge in [-0.15, -0.1) is 0 Å². The van der Waals surface area contributed by atoms with Crippen LogP contribution >= 0.6 is 15.9 Å². The van der Waals surface area contributed by atoms with E-state index in [1.807, 2.05) is 0 Å². The highest BCUT2D eigenvalue weighted by molar-refractivity contribution is 9.10. The van der Waals surface area contributed by atoms with Gasteiger partial charge >= 0.3 is 5.97 Å². The Morgan fingerprint density at radius 1 is 1.52 bits per heavy atom. The van der Waals surface area contributed by atoms with Crippen LogP contribution < -0.4 is 5.32 Å². The summed E-state index contributed by atoms with van der Waals surface area (Å²) in [6.07, 6.45) is 2.56. The monoisotopic (exact) mass is 356 g/mol. The number of aliphatic carboxylic acids is 1. The second kappa shape index (κ2) is 6.43. The van der Waals surface area contributed by atoms with Crippen molar-refractivity contribution >= 4 is 33.3 Å². The Morgan fingerprint density at radius 3 is 2.86 bits per heavy atom. The number of hydrogen-bond donors (Lipinski definition) is 2. The molecule has 0 aromatic heterocycles. The number of nitrogens with one attached hydrogen (secondary N) is 1. The maximum absolute atomic E-state index is 11.2. The summed E-state index contributed by atoms with van der Waals surface area (Å²) in [4.78, 5) is 21.6. The molecule has 1 aromatic carbocycles. The molecule has 7 heteroatoms. The molecule has 0 heterocycles. The van der Waals surface area contributed by atoms with Gasteiger partial charge in [0.25, 0.3) is 5.69 Å². The van der Waals surface area contributed by atoms with Crippen molar-refractivity contribution < 1.29 is 14.8 Å². The lowest BCUT2D eigenvalue weighted by Gasteiger charge is -2.18. The molecule has 1 fully saturated rings. The fraction of sp³-hybridized carbons (Fsp3) is 0.500. The SMILES string of the molecule is Cc1cc(NCC2CCCC2C(=O)O)c(Br)cc1[N+](=O)[O-]. The first-order valence-electron chi connectivity index (χ1n) is 6.81. The average Bonchev–Trinajstić information content (AvgIpc) is 2.87. The maximum atomic E-state index is 11.2. The quantitative estimate of drug-likeness (QED) is 0.621. The van der Waals surface area contributed by atoms with Crippen molar-refractivity contribution in [1.29, 1.82) is 0 Å². The van der Waals surface area contributed by atoms with Crippen LogP contribution in [-0.4, -0.2) is 22.5 Å². The zero-order valence-corrected chi connectivity index (χ0v) is 13.2. The van der Waals surface area contributed by atoms with E-state index in [-0.39, 0.29) is 17.5 Å². The molecule has 6 nitrogen and oxygen atoms in total. The predicted molar refractivity (Wildman–Crippen MR) is 82.5 cm³/mol. The van der Waals surface area contributed by atoms with Crippen LogP contribution in [0, 0.1) is 28.9 Å². The average molecular weight is 357 g/mol. The summed E-state index contributed by atoms with van der Waals surface area (Å²) in [5.74, 6) is -0.932. The number of hydrogen-bond acceptors (Lipinski definition) is 4. The number of benzene rings is 1. The summed E-state index contributed by atoms with van der Waals surface area (Å²) in [5, 5.41) is 23.2. The molecule has 21 heavy (non-hydrogen) atoms. The lowest BCUT2D eigenvalue weighted by atomic mass is 9.96. The molecule has 2 N–H and O–H groups in total. The first-order valence-corrected chi connectivity index (χ1v) is 7.60. The van der Waals surface area contributed by atoms with E-state index in [2.05, 4.69) is 21.2 Å². The Labute approximate surface area is 130 Å². The highest BCUT2D eigenvalue weighted by Gasteiger charge is 2.32. The number of nitrogens with zero attached hydrogens (tertiary/aromatic N) is 1. The third-order valence-corrected chi connectivity index (χ3v) is 4.67. The van der Waals surface area contributed by atoms with Gasteiger partial charge in [0.2, 0.25) is 0 Å². The maximum Gasteiger partial charge on any atom is 0.306 e. The number of carboxylic acid groups (broad SMARTS) is 1. The van der Waals surface area contributed by atoms with Gasteiger partial charge in [0.15, 0.2) is 0 Å². The van der Waals surface area contributed by atoms with Crippen LogP contribution in [0.25, 0.3) is 0 Å². The van der Waals surface area contributed by atoms with Crippen molar-refractivity contribution in [2.24, 2.45) is 11.8 Å². The number of halogens is 1. The zero-order chi connectivity index (χ0) is 15.6. The van der Waals surface area contributed by atoms with Crippen LogP contribution in [-0.2, 0) is 4.79 Å². The van der Waals surface area contributed by atoms with Crippen LogP contribution in [0.1, 0.15) is 24.8 Å². The Morgan fingerprint density at radius 2 is 2.24 bits per heavy atom. The minimum absolute atomic E-state index is 0.0664. The van der Waals surface area contributed by atoms with Gasteiger partial charge in [-0.1, -0.05) is 6.42 Å². The number of rotatable bonds is 5. The van der Waals surface area contributed by atoms with Gasteiger partial charge in [-0.3, -0.25) is 14.9 Å². The fourth-order valence-electron chi connectivity index (χ4n) is 2.85. The Balaban J connectivity index is 2.08. The zero-order valence-electron chi connectivity index (χ0n) is 11.6. The highest BCUT2D eigenvalue weighted by Crippen LogP contribution is 2.34. The van der Waals surface area contributed by atoms with Crippen LogP contribution in [0.5, 0.6) is 0 Å². The van der Waals surface area contributed by atoms with Gasteiger partial charge in [0.05, 0.1) is 10.8 Å². The van der Waals surface area contributed by atoms with Crippen molar-refractivity contribution in [2.75, 3.05) is 11.9 Å². The summed E-state index contributed by atoms with van der Waals surface area (Å²) in [6, 6.07) is 3.19. The van der Waals surface area contributed by atoms with Crippen molar-refractivity contribution in [3.8, 4) is 0 Å². The van der Waals surface area contributed by atoms with Gasteiger partial charge in [-0.05, 0) is 47.7 Å². The van der Waals surface area contributed by atoms with Crippen LogP contribution in [0.2, 0.25) is 0 Å². The molecule has 0 saturated heterocycles. The third kappa shape index (κ3) is 3.53. The van der Waals surface area contributed by atoms with E-state index < -0.39 is 10.9 Å². The molecule has 1 aromatic rings. The van der Waals surface area contributed by atoms with E-state index in [1.165, 1.54) is 6.07 Å². The lowest BCUT2D eigenvalue weighted by Crippen LogP contribution is -2.24. The van der Waals surface area contributed by atoms with Crippen molar-refractivity contribution in [2.45, 2.75) is 26.2 Å². The molecule has 114 valence electrons. The lowest BCUT2D eigenvalue weighted by molar-refractivity contribution is -0.385. The second-order valence-electron chi connectivity index (χ2n) is 5.39. The topological polar surface area (TPSA) is 92.5 Å². The van der Waals surface area contributed by atoms with Crippen molar-refractivity contribution in [3.63, 3.8) is 0 Å².